The van der Waals surface area contributed by atoms with Crippen LogP contribution in [0.2, 0.25) is 0 Å². The van der Waals surface area contributed by atoms with Crippen LogP contribution >= 0.6 is 0 Å². The molecule has 3 rings (SSSR count). The molecular formula is C12H17N5O3. The molecule has 1 aromatic heterocycles. The molecule has 3 N–H and O–H groups in total. The number of carboxylic acids is 1. The second kappa shape index (κ2) is 5.20. The Labute approximate surface area is 115 Å². The number of carbonyl (C=O) groups excluding carboxylic acids is 1. The number of hydrogen-bond acceptors (Lipinski definition) is 5. The van der Waals surface area contributed by atoms with Gasteiger partial charge in [0.05, 0.1) is 18.2 Å². The third kappa shape index (κ3) is 2.38. The zero-order valence-corrected chi connectivity index (χ0v) is 11.0. The van der Waals surface area contributed by atoms with Crippen LogP contribution in [-0.4, -0.2) is 51.1 Å². The second-order valence-corrected chi connectivity index (χ2v) is 5.35. The Hall–Kier alpha value is -1.96. The lowest BCUT2D eigenvalue weighted by molar-refractivity contribution is -0.142. The molecule has 8 nitrogen and oxygen atoms in total. The predicted molar refractivity (Wildman–Crippen MR) is 68.2 cm³/mol. The largest absolute Gasteiger partial charge is 0.481 e. The highest BCUT2D eigenvalue weighted by molar-refractivity contribution is 5.92. The van der Waals surface area contributed by atoms with Crippen LogP contribution in [0.4, 0.5) is 0 Å². The average Bonchev–Trinajstić information content (AvgIpc) is 2.95. The molecule has 0 aromatic carbocycles. The van der Waals surface area contributed by atoms with E-state index in [1.165, 1.54) is 0 Å². The molecule has 108 valence electrons. The average molecular weight is 279 g/mol. The summed E-state index contributed by atoms with van der Waals surface area (Å²) in [4.78, 5) is 23.2. The Morgan fingerprint density at radius 2 is 2.20 bits per heavy atom. The first-order valence-corrected chi connectivity index (χ1v) is 6.81. The van der Waals surface area contributed by atoms with E-state index >= 15 is 0 Å². The van der Waals surface area contributed by atoms with Gasteiger partial charge in [-0.15, -0.1) is 5.10 Å². The maximum atomic E-state index is 12.1. The number of hydrogen-bond donors (Lipinski definition) is 3. The minimum absolute atomic E-state index is 0.243. The Morgan fingerprint density at radius 1 is 1.40 bits per heavy atom. The van der Waals surface area contributed by atoms with Crippen LogP contribution < -0.4 is 10.6 Å². The molecule has 0 bridgehead atoms. The minimum Gasteiger partial charge on any atom is -0.481 e. The minimum atomic E-state index is -0.850. The van der Waals surface area contributed by atoms with Crippen molar-refractivity contribution in [3.05, 3.63) is 11.9 Å². The molecule has 2 fully saturated rings. The van der Waals surface area contributed by atoms with Gasteiger partial charge in [-0.05, 0) is 12.8 Å². The monoisotopic (exact) mass is 279 g/mol. The van der Waals surface area contributed by atoms with Gasteiger partial charge in [0.15, 0.2) is 5.69 Å². The molecule has 20 heavy (non-hydrogen) atoms. The van der Waals surface area contributed by atoms with Gasteiger partial charge in [-0.3, -0.25) is 9.59 Å². The number of aliphatic carboxylic acids is 1. The molecule has 2 aliphatic rings. The molecule has 1 amide bonds. The van der Waals surface area contributed by atoms with Crippen LogP contribution in [0.3, 0.4) is 0 Å². The highest BCUT2D eigenvalue weighted by Gasteiger charge is 2.34. The van der Waals surface area contributed by atoms with E-state index in [1.807, 2.05) is 0 Å². The first-order valence-electron chi connectivity index (χ1n) is 6.81. The van der Waals surface area contributed by atoms with Gasteiger partial charge in [0.2, 0.25) is 0 Å². The van der Waals surface area contributed by atoms with Crippen molar-refractivity contribution in [2.24, 2.45) is 5.92 Å². The topological polar surface area (TPSA) is 109 Å². The summed E-state index contributed by atoms with van der Waals surface area (Å²) in [5.41, 5.74) is 0.243. The Kier molecular flexibility index (Phi) is 3.39. The van der Waals surface area contributed by atoms with Crippen molar-refractivity contribution in [1.29, 1.82) is 0 Å². The fourth-order valence-corrected chi connectivity index (χ4v) is 2.69. The van der Waals surface area contributed by atoms with Gasteiger partial charge in [0.1, 0.15) is 0 Å². The normalized spacial score (nSPS) is 26.2. The van der Waals surface area contributed by atoms with E-state index in [-0.39, 0.29) is 23.7 Å². The summed E-state index contributed by atoms with van der Waals surface area (Å²) in [5.74, 6) is -1.69. The molecule has 1 saturated carbocycles. The quantitative estimate of drug-likeness (QED) is 0.679. The number of carboxylic acid groups (broad SMARTS) is 1. The van der Waals surface area contributed by atoms with Gasteiger partial charge >= 0.3 is 5.97 Å². The van der Waals surface area contributed by atoms with Gasteiger partial charge < -0.3 is 15.7 Å². The summed E-state index contributed by atoms with van der Waals surface area (Å²) in [5, 5.41) is 22.8. The molecular weight excluding hydrogens is 262 g/mol. The van der Waals surface area contributed by atoms with Crippen molar-refractivity contribution in [2.45, 2.75) is 31.3 Å². The van der Waals surface area contributed by atoms with Gasteiger partial charge in [-0.25, -0.2) is 4.68 Å². The molecule has 1 aliphatic heterocycles. The summed E-state index contributed by atoms with van der Waals surface area (Å²) >= 11 is 0. The third-order valence-electron chi connectivity index (χ3n) is 4.03. The van der Waals surface area contributed by atoms with Crippen molar-refractivity contribution < 1.29 is 14.7 Å². The van der Waals surface area contributed by atoms with Crippen LogP contribution in [0.25, 0.3) is 0 Å². The van der Waals surface area contributed by atoms with Crippen LogP contribution in [-0.2, 0) is 4.79 Å². The van der Waals surface area contributed by atoms with Gasteiger partial charge in [0, 0.05) is 19.1 Å². The van der Waals surface area contributed by atoms with E-state index < -0.39 is 11.9 Å². The Bertz CT molecular complexity index is 525. The van der Waals surface area contributed by atoms with Crippen LogP contribution in [0.5, 0.6) is 0 Å². The second-order valence-electron chi connectivity index (χ2n) is 5.35. The number of rotatable bonds is 4. The standard InChI is InChI=1S/C12H17N5O3/c18-11(14-9-3-1-2-8(9)12(19)20)10-6-17(16-15-10)7-4-13-5-7/h6-9,13H,1-5H2,(H,14,18)(H,19,20). The molecule has 2 atom stereocenters. The summed E-state index contributed by atoms with van der Waals surface area (Å²) in [7, 11) is 0. The lowest BCUT2D eigenvalue weighted by atomic mass is 10.0. The van der Waals surface area contributed by atoms with E-state index in [4.69, 9.17) is 5.11 Å². The maximum absolute atomic E-state index is 12.1. The van der Waals surface area contributed by atoms with E-state index in [1.54, 1.807) is 10.9 Å². The number of nitrogens with zero attached hydrogens (tertiary/aromatic N) is 3. The first-order chi connectivity index (χ1) is 9.65. The highest BCUT2D eigenvalue weighted by atomic mass is 16.4. The van der Waals surface area contributed by atoms with E-state index in [9.17, 15) is 9.59 Å². The van der Waals surface area contributed by atoms with E-state index in [2.05, 4.69) is 20.9 Å². The zero-order valence-electron chi connectivity index (χ0n) is 11.0. The third-order valence-corrected chi connectivity index (χ3v) is 4.03. The Morgan fingerprint density at radius 3 is 2.85 bits per heavy atom. The van der Waals surface area contributed by atoms with Crippen LogP contribution in [0.1, 0.15) is 35.8 Å². The summed E-state index contributed by atoms with van der Waals surface area (Å²) < 4.78 is 1.68. The molecule has 1 saturated heterocycles. The smallest absolute Gasteiger partial charge is 0.308 e. The molecule has 0 radical (unpaired) electrons. The van der Waals surface area contributed by atoms with Crippen LogP contribution in [0.15, 0.2) is 6.20 Å². The predicted octanol–water partition coefficient (Wildman–Crippen LogP) is -0.594. The lowest BCUT2D eigenvalue weighted by Crippen LogP contribution is -2.43. The number of aromatic nitrogens is 3. The summed E-state index contributed by atoms with van der Waals surface area (Å²) in [6.45, 7) is 1.66. The van der Waals surface area contributed by atoms with Crippen molar-refractivity contribution in [2.75, 3.05) is 13.1 Å². The SMILES string of the molecule is O=C(NC1CCCC1C(=O)O)c1cn(C2CNC2)nn1. The first kappa shape index (κ1) is 13.0. The van der Waals surface area contributed by atoms with Gasteiger partial charge in [-0.2, -0.15) is 0 Å². The maximum Gasteiger partial charge on any atom is 0.308 e. The molecule has 1 aromatic rings. The van der Waals surface area contributed by atoms with Gasteiger partial charge in [0.25, 0.3) is 5.91 Å². The van der Waals surface area contributed by atoms with Crippen molar-refractivity contribution in [1.82, 2.24) is 25.6 Å². The van der Waals surface area contributed by atoms with Crippen molar-refractivity contribution >= 4 is 11.9 Å². The van der Waals surface area contributed by atoms with Crippen molar-refractivity contribution in [3.8, 4) is 0 Å². The van der Waals surface area contributed by atoms with Gasteiger partial charge in [-0.1, -0.05) is 11.6 Å². The lowest BCUT2D eigenvalue weighted by Gasteiger charge is -2.26. The fraction of sp³-hybridized carbons (Fsp3) is 0.667. The number of amides is 1. The Balaban J connectivity index is 1.63. The fourth-order valence-electron chi connectivity index (χ4n) is 2.69. The molecule has 1 aliphatic carbocycles. The van der Waals surface area contributed by atoms with E-state index in [0.29, 0.717) is 12.8 Å². The summed E-state index contributed by atoms with van der Waals surface area (Å²) in [6.07, 6.45) is 3.75. The molecule has 2 unspecified atom stereocenters. The molecule has 0 spiro atoms. The molecule has 8 heteroatoms. The highest BCUT2D eigenvalue weighted by Crippen LogP contribution is 2.26. The van der Waals surface area contributed by atoms with Crippen molar-refractivity contribution in [3.63, 3.8) is 0 Å². The zero-order chi connectivity index (χ0) is 14.1. The molecule has 2 heterocycles. The summed E-state index contributed by atoms with van der Waals surface area (Å²) in [6, 6.07) is -0.0576. The van der Waals surface area contributed by atoms with E-state index in [0.717, 1.165) is 19.5 Å². The van der Waals surface area contributed by atoms with Crippen LogP contribution in [0, 0.1) is 5.92 Å². The number of carbonyl (C=O) groups is 2. The number of nitrogens with one attached hydrogen (secondary N) is 2.